The Balaban J connectivity index is 1.06. The maximum absolute atomic E-state index is 6.34. The van der Waals surface area contributed by atoms with Crippen molar-refractivity contribution in [3.8, 4) is 23.0 Å². The molecule has 0 unspecified atom stereocenters. The van der Waals surface area contributed by atoms with Gasteiger partial charge in [0, 0.05) is 0 Å². The molecule has 6 aromatic rings. The molecule has 1 aliphatic rings. The molecule has 1 heterocycles. The molecule has 0 spiro atoms. The first-order valence-electron chi connectivity index (χ1n) is 17.6. The van der Waals surface area contributed by atoms with Crippen LogP contribution in [0.1, 0.15) is 0 Å². The summed E-state index contributed by atoms with van der Waals surface area (Å²) in [6, 6.07) is 55.1. The summed E-state index contributed by atoms with van der Waals surface area (Å²) in [4.78, 5) is 0. The summed E-state index contributed by atoms with van der Waals surface area (Å²) in [7, 11) is -1.59. The lowest BCUT2D eigenvalue weighted by Crippen LogP contribution is -2.21. The Morgan fingerprint density at radius 2 is 0.558 bits per heavy atom. The van der Waals surface area contributed by atoms with Gasteiger partial charge in [0.2, 0.25) is 0 Å². The van der Waals surface area contributed by atoms with Gasteiger partial charge in [-0.1, -0.05) is 121 Å². The molecule has 0 saturated heterocycles. The fourth-order valence-electron chi connectivity index (χ4n) is 5.98. The van der Waals surface area contributed by atoms with Gasteiger partial charge >= 0.3 is 0 Å². The van der Waals surface area contributed by atoms with Crippen LogP contribution >= 0.6 is 15.8 Å². The van der Waals surface area contributed by atoms with Crippen LogP contribution in [-0.4, -0.2) is 52.9 Å². The van der Waals surface area contributed by atoms with Gasteiger partial charge in [-0.15, -0.1) is 0 Å². The molecule has 1 aliphatic heterocycles. The third-order valence-electron chi connectivity index (χ3n) is 8.37. The van der Waals surface area contributed by atoms with Gasteiger partial charge in [-0.05, 0) is 84.1 Å². The predicted molar refractivity (Wildman–Crippen MR) is 214 cm³/mol. The second-order valence-electron chi connectivity index (χ2n) is 11.9. The van der Waals surface area contributed by atoms with E-state index in [4.69, 9.17) is 28.4 Å². The lowest BCUT2D eigenvalue weighted by atomic mass is 10.3. The van der Waals surface area contributed by atoms with Crippen molar-refractivity contribution in [1.82, 2.24) is 0 Å². The van der Waals surface area contributed by atoms with Crippen LogP contribution in [0.2, 0.25) is 0 Å². The first-order valence-corrected chi connectivity index (χ1v) is 20.3. The fraction of sp³-hybridized carbons (Fsp3) is 0.182. The van der Waals surface area contributed by atoms with E-state index in [1.54, 1.807) is 0 Å². The zero-order chi connectivity index (χ0) is 35.2. The minimum absolute atomic E-state index is 0.368. The zero-order valence-electron chi connectivity index (χ0n) is 29.0. The first kappa shape index (κ1) is 35.7. The summed E-state index contributed by atoms with van der Waals surface area (Å²) < 4.78 is 37.0. The molecule has 52 heavy (non-hydrogen) atoms. The van der Waals surface area contributed by atoms with Crippen molar-refractivity contribution >= 4 is 47.7 Å². The van der Waals surface area contributed by atoms with Crippen LogP contribution in [0, 0.1) is 0 Å². The summed E-state index contributed by atoms with van der Waals surface area (Å²) in [6.45, 7) is 3.12. The number of hydrogen-bond acceptors (Lipinski definition) is 6. The first-order chi connectivity index (χ1) is 25.8. The molecule has 0 atom stereocenters. The zero-order valence-corrected chi connectivity index (χ0v) is 30.8. The Bertz CT molecular complexity index is 1740. The van der Waals surface area contributed by atoms with Gasteiger partial charge in [-0.2, -0.15) is 0 Å². The SMILES string of the molecule is c1ccc(P(c2ccccc2)c2ccc3c(c2)OCCOCCOc2cc(P(c4ccccc4)c4ccccc4)ccc2OCCOCCO3)cc1. The van der Waals surface area contributed by atoms with E-state index < -0.39 is 15.8 Å². The minimum atomic E-state index is -0.793. The predicted octanol–water partition coefficient (Wildman–Crippen LogP) is 6.47. The Morgan fingerprint density at radius 1 is 0.269 bits per heavy atom. The third-order valence-corrected chi connectivity index (χ3v) is 13.2. The van der Waals surface area contributed by atoms with Crippen molar-refractivity contribution in [3.05, 3.63) is 158 Å². The van der Waals surface area contributed by atoms with Gasteiger partial charge in [0.25, 0.3) is 0 Å². The quantitative estimate of drug-likeness (QED) is 0.184. The summed E-state index contributed by atoms with van der Waals surface area (Å²) in [5.74, 6) is 2.74. The van der Waals surface area contributed by atoms with Crippen LogP contribution < -0.4 is 50.8 Å². The number of rotatable bonds is 6. The summed E-state index contributed by atoms with van der Waals surface area (Å²) in [5.41, 5.74) is 0. The molecular weight excluding hydrogens is 686 g/mol. The highest BCUT2D eigenvalue weighted by Gasteiger charge is 2.20. The van der Waals surface area contributed by atoms with Crippen LogP contribution in [0.3, 0.4) is 0 Å². The Kier molecular flexibility index (Phi) is 12.8. The number of hydrogen-bond donors (Lipinski definition) is 0. The van der Waals surface area contributed by atoms with E-state index >= 15 is 0 Å². The van der Waals surface area contributed by atoms with Crippen molar-refractivity contribution in [2.24, 2.45) is 0 Å². The van der Waals surface area contributed by atoms with Gasteiger partial charge in [-0.25, -0.2) is 0 Å². The van der Waals surface area contributed by atoms with Crippen molar-refractivity contribution in [2.75, 3.05) is 52.9 Å². The van der Waals surface area contributed by atoms with Crippen molar-refractivity contribution in [1.29, 1.82) is 0 Å². The molecule has 0 aliphatic carbocycles. The van der Waals surface area contributed by atoms with E-state index in [-0.39, 0.29) is 0 Å². The van der Waals surface area contributed by atoms with Crippen molar-refractivity contribution in [3.63, 3.8) is 0 Å². The molecular formula is C44H42O6P2. The molecule has 6 nitrogen and oxygen atoms in total. The molecule has 0 N–H and O–H groups in total. The molecule has 0 aromatic heterocycles. The Morgan fingerprint density at radius 3 is 0.865 bits per heavy atom. The van der Waals surface area contributed by atoms with E-state index in [0.29, 0.717) is 75.9 Å². The molecule has 0 amide bonds. The molecule has 0 radical (unpaired) electrons. The number of ether oxygens (including phenoxy) is 6. The van der Waals surface area contributed by atoms with Gasteiger partial charge in [-0.3, -0.25) is 0 Å². The molecule has 6 aromatic carbocycles. The van der Waals surface area contributed by atoms with Gasteiger partial charge in [0.1, 0.15) is 26.4 Å². The number of benzene rings is 6. The molecule has 7 rings (SSSR count). The largest absolute Gasteiger partial charge is 0.487 e. The minimum Gasteiger partial charge on any atom is -0.487 e. The van der Waals surface area contributed by atoms with Crippen LogP contribution in [0.4, 0.5) is 0 Å². The second kappa shape index (κ2) is 18.7. The van der Waals surface area contributed by atoms with E-state index in [1.807, 2.05) is 12.1 Å². The lowest BCUT2D eigenvalue weighted by molar-refractivity contribution is 0.0640. The van der Waals surface area contributed by atoms with Gasteiger partial charge in [0.15, 0.2) is 23.0 Å². The van der Waals surface area contributed by atoms with Crippen molar-refractivity contribution < 1.29 is 28.4 Å². The lowest BCUT2D eigenvalue weighted by Gasteiger charge is -2.22. The highest BCUT2D eigenvalue weighted by atomic mass is 31.1. The van der Waals surface area contributed by atoms with Gasteiger partial charge in [0.05, 0.1) is 26.4 Å². The Labute approximate surface area is 308 Å². The highest BCUT2D eigenvalue weighted by Crippen LogP contribution is 2.38. The van der Waals surface area contributed by atoms with Crippen molar-refractivity contribution in [2.45, 2.75) is 0 Å². The van der Waals surface area contributed by atoms with Crippen LogP contribution in [0.25, 0.3) is 0 Å². The molecule has 0 bridgehead atoms. The van der Waals surface area contributed by atoms with Gasteiger partial charge < -0.3 is 28.4 Å². The van der Waals surface area contributed by atoms with E-state index in [9.17, 15) is 0 Å². The summed E-state index contributed by atoms with van der Waals surface area (Å²) in [5, 5.41) is 7.45. The highest BCUT2D eigenvalue weighted by molar-refractivity contribution is 7.80. The molecule has 0 saturated carbocycles. The molecule has 8 heteroatoms. The monoisotopic (exact) mass is 728 g/mol. The molecule has 264 valence electrons. The topological polar surface area (TPSA) is 55.4 Å². The van der Waals surface area contributed by atoms with E-state index in [0.717, 1.165) is 0 Å². The smallest absolute Gasteiger partial charge is 0.161 e. The average Bonchev–Trinajstić information content (AvgIpc) is 3.20. The van der Waals surface area contributed by atoms with Crippen LogP contribution in [-0.2, 0) is 9.47 Å². The Hall–Kier alpha value is -4.70. The second-order valence-corrected chi connectivity index (χ2v) is 16.3. The maximum atomic E-state index is 6.34. The molecule has 0 fully saturated rings. The summed E-state index contributed by atoms with van der Waals surface area (Å²) >= 11 is 0. The summed E-state index contributed by atoms with van der Waals surface area (Å²) in [6.07, 6.45) is 0. The third kappa shape index (κ3) is 9.39. The normalized spacial score (nSPS) is 14.3. The maximum Gasteiger partial charge on any atom is 0.161 e. The fourth-order valence-corrected chi connectivity index (χ4v) is 10.6. The van der Waals surface area contributed by atoms with E-state index in [2.05, 4.69) is 146 Å². The average molecular weight is 729 g/mol. The van der Waals surface area contributed by atoms with Crippen LogP contribution in [0.15, 0.2) is 158 Å². The van der Waals surface area contributed by atoms with Crippen LogP contribution in [0.5, 0.6) is 23.0 Å². The van der Waals surface area contributed by atoms with E-state index in [1.165, 1.54) is 31.8 Å². The number of fused-ring (bicyclic) bond motifs is 2. The standard InChI is InChI=1S/C44H42O6P2/c1-5-13-35(14-6-1)51(36-15-7-2-8-16-36)39-21-23-41-43(33-39)49-31-27-46-28-32-50-44-34-40(22-24-42(44)48-30-26-45-25-29-47-41)52(37-17-9-3-10-18-37)38-19-11-4-12-20-38/h1-24,33-34H,25-32H2.